The summed E-state index contributed by atoms with van der Waals surface area (Å²) in [7, 11) is 0. The molecule has 0 radical (unpaired) electrons. The van der Waals surface area contributed by atoms with Gasteiger partial charge in [-0.15, -0.1) is 0 Å². The summed E-state index contributed by atoms with van der Waals surface area (Å²) in [4.78, 5) is 25.9. The van der Waals surface area contributed by atoms with Crippen LogP contribution >= 0.6 is 0 Å². The Morgan fingerprint density at radius 1 is 0.509 bits per heavy atom. The lowest BCUT2D eigenvalue weighted by molar-refractivity contribution is -0.151. The van der Waals surface area contributed by atoms with Gasteiger partial charge in [0.1, 0.15) is 6.10 Å². The van der Waals surface area contributed by atoms with Crippen molar-refractivity contribution in [3.63, 3.8) is 0 Å². The van der Waals surface area contributed by atoms with Gasteiger partial charge in [0.25, 0.3) is 0 Å². The van der Waals surface area contributed by atoms with Gasteiger partial charge in [-0.2, -0.15) is 0 Å². The minimum atomic E-state index is -0.782. The maximum Gasteiger partial charge on any atom is 0.306 e. The van der Waals surface area contributed by atoms with E-state index in [1.807, 2.05) is 0 Å². The van der Waals surface area contributed by atoms with E-state index in [2.05, 4.69) is 38.2 Å². The van der Waals surface area contributed by atoms with Gasteiger partial charge < -0.3 is 20.3 Å². The molecule has 0 saturated heterocycles. The minimum Gasteiger partial charge on any atom is -0.462 e. The van der Waals surface area contributed by atoms with Gasteiger partial charge in [0.05, 0.1) is 25.2 Å². The van der Waals surface area contributed by atoms with Gasteiger partial charge in [0, 0.05) is 6.42 Å². The van der Waals surface area contributed by atoms with Gasteiger partial charge in [0.2, 0.25) is 5.91 Å². The number of carbonyl (C=O) groups is 2. The quantitative estimate of drug-likeness (QED) is 0.0325. The summed E-state index contributed by atoms with van der Waals surface area (Å²) in [6, 6.07) is -0.696. The highest BCUT2D eigenvalue weighted by molar-refractivity contribution is 5.77. The Balaban J connectivity index is 4.42. The molecule has 6 nitrogen and oxygen atoms in total. The van der Waals surface area contributed by atoms with E-state index in [1.165, 1.54) is 167 Å². The highest BCUT2D eigenvalue weighted by atomic mass is 16.5. The molecule has 0 aliphatic rings. The van der Waals surface area contributed by atoms with Crippen molar-refractivity contribution in [3.05, 3.63) is 12.2 Å². The largest absolute Gasteiger partial charge is 0.462 e. The number of rotatable bonds is 44. The molecular formula is C49H95NO5. The predicted molar refractivity (Wildman–Crippen MR) is 237 cm³/mol. The molecule has 326 valence electrons. The fourth-order valence-corrected chi connectivity index (χ4v) is 7.60. The first kappa shape index (κ1) is 53.6. The van der Waals surface area contributed by atoms with E-state index < -0.39 is 18.2 Å². The van der Waals surface area contributed by atoms with E-state index in [1.54, 1.807) is 0 Å². The summed E-state index contributed by atoms with van der Waals surface area (Å²) in [5.74, 6) is -0.484. The van der Waals surface area contributed by atoms with Crippen LogP contribution in [-0.4, -0.2) is 46.9 Å². The number of aliphatic hydroxyl groups excluding tert-OH is 2. The molecule has 0 aromatic rings. The van der Waals surface area contributed by atoms with Crippen molar-refractivity contribution in [1.29, 1.82) is 0 Å². The fourth-order valence-electron chi connectivity index (χ4n) is 7.60. The lowest BCUT2D eigenvalue weighted by Gasteiger charge is -2.24. The number of hydrogen-bond acceptors (Lipinski definition) is 5. The summed E-state index contributed by atoms with van der Waals surface area (Å²) in [5.41, 5.74) is 0. The third kappa shape index (κ3) is 39.2. The van der Waals surface area contributed by atoms with Crippen LogP contribution in [0.3, 0.4) is 0 Å². The first-order valence-corrected chi connectivity index (χ1v) is 24.4. The van der Waals surface area contributed by atoms with E-state index in [-0.39, 0.29) is 24.9 Å². The molecule has 0 saturated carbocycles. The second kappa shape index (κ2) is 43.7. The number of amides is 1. The van der Waals surface area contributed by atoms with E-state index in [9.17, 15) is 19.8 Å². The van der Waals surface area contributed by atoms with Crippen molar-refractivity contribution in [2.45, 2.75) is 283 Å². The topological polar surface area (TPSA) is 95.9 Å². The predicted octanol–water partition coefficient (Wildman–Crippen LogP) is 14.2. The molecule has 3 atom stereocenters. The van der Waals surface area contributed by atoms with Crippen LogP contribution in [0.2, 0.25) is 0 Å². The second-order valence-electron chi connectivity index (χ2n) is 16.9. The molecule has 3 N–H and O–H groups in total. The molecule has 0 aromatic heterocycles. The zero-order chi connectivity index (χ0) is 40.3. The lowest BCUT2D eigenvalue weighted by atomic mass is 10.0. The third-order valence-corrected chi connectivity index (χ3v) is 11.3. The van der Waals surface area contributed by atoms with Gasteiger partial charge >= 0.3 is 5.97 Å². The Hall–Kier alpha value is -1.40. The van der Waals surface area contributed by atoms with Crippen molar-refractivity contribution < 1.29 is 24.5 Å². The number of ether oxygens (including phenoxy) is 1. The van der Waals surface area contributed by atoms with E-state index >= 15 is 0 Å². The van der Waals surface area contributed by atoms with Crippen molar-refractivity contribution in [2.75, 3.05) is 6.61 Å². The maximum atomic E-state index is 13.1. The van der Waals surface area contributed by atoms with Crippen molar-refractivity contribution >= 4 is 11.9 Å². The molecule has 0 heterocycles. The molecular weight excluding hydrogens is 683 g/mol. The number of nitrogens with one attached hydrogen (secondary N) is 1. The number of unbranched alkanes of at least 4 members (excludes halogenated alkanes) is 30. The average Bonchev–Trinajstić information content (AvgIpc) is 3.18. The normalized spacial score (nSPS) is 13.3. The molecule has 0 spiro atoms. The van der Waals surface area contributed by atoms with Crippen molar-refractivity contribution in [2.24, 2.45) is 0 Å². The molecule has 1 amide bonds. The maximum absolute atomic E-state index is 13.1. The van der Waals surface area contributed by atoms with Gasteiger partial charge in [-0.25, -0.2) is 0 Å². The molecule has 0 aliphatic heterocycles. The monoisotopic (exact) mass is 778 g/mol. The Kier molecular flexibility index (Phi) is 42.6. The first-order valence-electron chi connectivity index (χ1n) is 24.4. The third-order valence-electron chi connectivity index (χ3n) is 11.3. The Morgan fingerprint density at radius 2 is 0.873 bits per heavy atom. The lowest BCUT2D eigenvalue weighted by Crippen LogP contribution is -2.46. The Morgan fingerprint density at radius 3 is 1.29 bits per heavy atom. The molecule has 0 aliphatic carbocycles. The second-order valence-corrected chi connectivity index (χ2v) is 16.9. The Bertz CT molecular complexity index is 832. The number of esters is 1. The van der Waals surface area contributed by atoms with Crippen LogP contribution in [0, 0.1) is 0 Å². The van der Waals surface area contributed by atoms with Gasteiger partial charge in [0.15, 0.2) is 0 Å². The molecule has 0 bridgehead atoms. The molecule has 6 heteroatoms. The molecule has 0 fully saturated rings. The van der Waals surface area contributed by atoms with Crippen LogP contribution in [0.1, 0.15) is 265 Å². The molecule has 3 unspecified atom stereocenters. The molecule has 55 heavy (non-hydrogen) atoms. The van der Waals surface area contributed by atoms with Gasteiger partial charge in [-0.1, -0.05) is 213 Å². The zero-order valence-corrected chi connectivity index (χ0v) is 37.1. The minimum absolute atomic E-state index is 0.0772. The van der Waals surface area contributed by atoms with Crippen LogP contribution in [0.25, 0.3) is 0 Å². The number of allylic oxidation sites excluding steroid dienone is 2. The summed E-state index contributed by atoms with van der Waals surface area (Å²) >= 11 is 0. The molecule has 0 aromatic carbocycles. The summed E-state index contributed by atoms with van der Waals surface area (Å²) in [6.45, 7) is 6.46. The standard InChI is InChI=1S/C49H95NO5/c1-4-7-10-13-16-19-21-23-24-26-27-29-32-35-38-41-47(52)46(44-51)50-48(53)43-45(40-37-34-31-18-15-12-9-6-3)55-49(54)42-39-36-33-30-28-25-22-20-17-14-11-8-5-2/h25,28,45-47,51-52H,4-24,26-27,29-44H2,1-3H3,(H,50,53)/b28-25-. The van der Waals surface area contributed by atoms with E-state index in [0.29, 0.717) is 19.3 Å². The highest BCUT2D eigenvalue weighted by Crippen LogP contribution is 2.18. The fraction of sp³-hybridized carbons (Fsp3) is 0.918. The number of aliphatic hydroxyl groups is 2. The summed E-state index contributed by atoms with van der Waals surface area (Å²) in [5, 5.41) is 23.7. The van der Waals surface area contributed by atoms with Crippen LogP contribution in [0.4, 0.5) is 0 Å². The van der Waals surface area contributed by atoms with E-state index in [0.717, 1.165) is 51.4 Å². The molecule has 0 rings (SSSR count). The zero-order valence-electron chi connectivity index (χ0n) is 37.1. The SMILES string of the molecule is CCCCCCCC/C=C\CCCCCC(=O)OC(CCCCCCCCCC)CC(=O)NC(CO)C(O)CCCCCCCCCCCCCCCCC. The average molecular weight is 778 g/mol. The number of carbonyl (C=O) groups excluding carboxylic acids is 2. The highest BCUT2D eigenvalue weighted by Gasteiger charge is 2.24. The number of hydrogen-bond donors (Lipinski definition) is 3. The van der Waals surface area contributed by atoms with Crippen molar-refractivity contribution in [1.82, 2.24) is 5.32 Å². The van der Waals surface area contributed by atoms with Crippen LogP contribution < -0.4 is 5.32 Å². The van der Waals surface area contributed by atoms with Crippen LogP contribution in [0.5, 0.6) is 0 Å². The smallest absolute Gasteiger partial charge is 0.306 e. The summed E-state index contributed by atoms with van der Waals surface area (Å²) in [6.07, 6.45) is 47.0. The summed E-state index contributed by atoms with van der Waals surface area (Å²) < 4.78 is 5.89. The van der Waals surface area contributed by atoms with Crippen LogP contribution in [-0.2, 0) is 14.3 Å². The Labute approximate surface area is 342 Å². The van der Waals surface area contributed by atoms with Gasteiger partial charge in [-0.05, 0) is 51.4 Å². The van der Waals surface area contributed by atoms with Gasteiger partial charge in [-0.3, -0.25) is 9.59 Å². The van der Waals surface area contributed by atoms with Crippen molar-refractivity contribution in [3.8, 4) is 0 Å². The van der Waals surface area contributed by atoms with E-state index in [4.69, 9.17) is 4.74 Å². The van der Waals surface area contributed by atoms with Crippen LogP contribution in [0.15, 0.2) is 12.2 Å². The first-order chi connectivity index (χ1) is 27.0.